The summed E-state index contributed by atoms with van der Waals surface area (Å²) in [6.45, 7) is 3.37. The molecule has 1 aliphatic rings. The number of hydrogen-bond donors (Lipinski definition) is 1. The molecule has 9 heteroatoms. The van der Waals surface area contributed by atoms with Crippen LogP contribution in [0.15, 0.2) is 58.8 Å². The molecule has 1 aliphatic heterocycles. The standard InChI is InChI=1S/C23H22Cl2N4O2S/c1-14-19(22-27-21(28-31-22)16-6-10-18(25)11-7-16)20(15-4-8-17(24)9-5-15)26-23(32)29(14)12-3-13-30-2/h4-11,20H,3,12-13H2,1-2H3,(H,26,32). The molecule has 4 rings (SSSR count). The molecule has 2 heterocycles. The smallest absolute Gasteiger partial charge is 0.258 e. The van der Waals surface area contributed by atoms with Crippen molar-refractivity contribution in [2.24, 2.45) is 0 Å². The first-order valence-corrected chi connectivity index (χ1v) is 11.3. The third kappa shape index (κ3) is 4.81. The number of thiocarbonyl (C=S) groups is 1. The van der Waals surface area contributed by atoms with E-state index in [0.29, 0.717) is 40.0 Å². The average Bonchev–Trinajstić information content (AvgIpc) is 3.26. The van der Waals surface area contributed by atoms with Gasteiger partial charge in [0.1, 0.15) is 0 Å². The summed E-state index contributed by atoms with van der Waals surface area (Å²) in [6.07, 6.45) is 0.828. The van der Waals surface area contributed by atoms with Gasteiger partial charge in [-0.3, -0.25) is 0 Å². The monoisotopic (exact) mass is 488 g/mol. The molecule has 0 radical (unpaired) electrons. The van der Waals surface area contributed by atoms with E-state index in [-0.39, 0.29) is 6.04 Å². The van der Waals surface area contributed by atoms with Gasteiger partial charge in [0.15, 0.2) is 5.11 Å². The molecular weight excluding hydrogens is 467 g/mol. The van der Waals surface area contributed by atoms with Gasteiger partial charge in [-0.15, -0.1) is 0 Å². The van der Waals surface area contributed by atoms with Gasteiger partial charge in [0.2, 0.25) is 5.82 Å². The molecule has 0 saturated heterocycles. The molecule has 2 aromatic carbocycles. The third-order valence-corrected chi connectivity index (χ3v) is 6.13. The number of nitrogens with one attached hydrogen (secondary N) is 1. The van der Waals surface area contributed by atoms with Crippen molar-refractivity contribution < 1.29 is 9.26 Å². The van der Waals surface area contributed by atoms with E-state index < -0.39 is 0 Å². The van der Waals surface area contributed by atoms with E-state index in [1.165, 1.54) is 0 Å². The minimum atomic E-state index is -0.253. The topological polar surface area (TPSA) is 63.4 Å². The fraction of sp³-hybridized carbons (Fsp3) is 0.261. The summed E-state index contributed by atoms with van der Waals surface area (Å²) in [5, 5.41) is 9.59. The highest BCUT2D eigenvalue weighted by molar-refractivity contribution is 7.80. The summed E-state index contributed by atoms with van der Waals surface area (Å²) in [7, 11) is 1.69. The molecule has 0 spiro atoms. The van der Waals surface area contributed by atoms with Crippen LogP contribution in [-0.4, -0.2) is 40.4 Å². The van der Waals surface area contributed by atoms with E-state index in [2.05, 4.69) is 10.5 Å². The number of hydrogen-bond acceptors (Lipinski definition) is 5. The second kappa shape index (κ2) is 10.0. The first kappa shape index (κ1) is 22.7. The first-order chi connectivity index (χ1) is 15.5. The predicted molar refractivity (Wildman–Crippen MR) is 130 cm³/mol. The number of aromatic nitrogens is 2. The van der Waals surface area contributed by atoms with Crippen LogP contribution in [0.4, 0.5) is 0 Å². The van der Waals surface area contributed by atoms with Gasteiger partial charge in [0.05, 0.1) is 11.6 Å². The fourth-order valence-electron chi connectivity index (χ4n) is 3.65. The van der Waals surface area contributed by atoms with Crippen LogP contribution >= 0.6 is 35.4 Å². The SMILES string of the molecule is COCCCN1C(=S)NC(c2ccc(Cl)cc2)C(c2nc(-c3ccc(Cl)cc3)no2)=C1C. The van der Waals surface area contributed by atoms with E-state index in [1.54, 1.807) is 19.2 Å². The molecule has 166 valence electrons. The van der Waals surface area contributed by atoms with Crippen molar-refractivity contribution in [2.75, 3.05) is 20.3 Å². The van der Waals surface area contributed by atoms with E-state index in [1.807, 2.05) is 48.2 Å². The van der Waals surface area contributed by atoms with Gasteiger partial charge >= 0.3 is 0 Å². The normalized spacial score (nSPS) is 16.4. The Kier molecular flexibility index (Phi) is 7.10. The Bertz CT molecular complexity index is 1130. The maximum Gasteiger partial charge on any atom is 0.258 e. The molecule has 6 nitrogen and oxygen atoms in total. The lowest BCUT2D eigenvalue weighted by molar-refractivity contribution is 0.188. The molecular formula is C23H22Cl2N4O2S. The van der Waals surface area contributed by atoms with Crippen molar-refractivity contribution in [3.63, 3.8) is 0 Å². The Balaban J connectivity index is 1.76. The minimum Gasteiger partial charge on any atom is -0.385 e. The van der Waals surface area contributed by atoms with Gasteiger partial charge in [-0.2, -0.15) is 4.98 Å². The zero-order valence-corrected chi connectivity index (χ0v) is 20.0. The number of methoxy groups -OCH3 is 1. The van der Waals surface area contributed by atoms with Crippen molar-refractivity contribution in [1.82, 2.24) is 20.4 Å². The van der Waals surface area contributed by atoms with Gasteiger partial charge in [0, 0.05) is 41.6 Å². The quantitative estimate of drug-likeness (QED) is 0.335. The first-order valence-electron chi connectivity index (χ1n) is 10.1. The number of benzene rings is 2. The Morgan fingerprint density at radius 1 is 1.09 bits per heavy atom. The second-order valence-corrected chi connectivity index (χ2v) is 8.62. The molecule has 1 aromatic heterocycles. The Hall–Kier alpha value is -2.45. The van der Waals surface area contributed by atoms with E-state index in [9.17, 15) is 0 Å². The lowest BCUT2D eigenvalue weighted by Crippen LogP contribution is -2.46. The summed E-state index contributed by atoms with van der Waals surface area (Å²) >= 11 is 17.8. The van der Waals surface area contributed by atoms with Crippen LogP contribution in [0.1, 0.15) is 30.8 Å². The molecule has 1 atom stereocenters. The predicted octanol–water partition coefficient (Wildman–Crippen LogP) is 5.74. The summed E-state index contributed by atoms with van der Waals surface area (Å²) in [5.41, 5.74) is 3.64. The van der Waals surface area contributed by atoms with Gasteiger partial charge in [0.25, 0.3) is 5.89 Å². The van der Waals surface area contributed by atoms with Crippen molar-refractivity contribution in [1.29, 1.82) is 0 Å². The van der Waals surface area contributed by atoms with E-state index in [0.717, 1.165) is 28.8 Å². The van der Waals surface area contributed by atoms with Crippen LogP contribution in [0.3, 0.4) is 0 Å². The largest absolute Gasteiger partial charge is 0.385 e. The number of ether oxygens (including phenoxy) is 1. The molecule has 1 unspecified atom stereocenters. The molecule has 3 aromatic rings. The molecule has 1 N–H and O–H groups in total. The van der Waals surface area contributed by atoms with Crippen molar-refractivity contribution in [2.45, 2.75) is 19.4 Å². The van der Waals surface area contributed by atoms with Crippen LogP contribution in [-0.2, 0) is 4.74 Å². The van der Waals surface area contributed by atoms with Gasteiger partial charge < -0.3 is 19.5 Å². The van der Waals surface area contributed by atoms with Gasteiger partial charge in [-0.1, -0.05) is 40.5 Å². The maximum absolute atomic E-state index is 6.11. The van der Waals surface area contributed by atoms with Crippen molar-refractivity contribution >= 4 is 46.1 Å². The van der Waals surface area contributed by atoms with Crippen LogP contribution in [0.5, 0.6) is 0 Å². The number of halogens is 2. The number of rotatable bonds is 7. The summed E-state index contributed by atoms with van der Waals surface area (Å²) in [5.74, 6) is 0.921. The molecule has 0 aliphatic carbocycles. The maximum atomic E-state index is 6.11. The molecule has 0 saturated carbocycles. The van der Waals surface area contributed by atoms with Crippen LogP contribution in [0, 0.1) is 0 Å². The highest BCUT2D eigenvalue weighted by Crippen LogP contribution is 2.37. The highest BCUT2D eigenvalue weighted by Gasteiger charge is 2.33. The van der Waals surface area contributed by atoms with Crippen LogP contribution in [0.2, 0.25) is 10.0 Å². The van der Waals surface area contributed by atoms with Gasteiger partial charge in [-0.25, -0.2) is 0 Å². The molecule has 0 bridgehead atoms. The molecule has 0 fully saturated rings. The van der Waals surface area contributed by atoms with Crippen LogP contribution in [0.25, 0.3) is 17.0 Å². The Morgan fingerprint density at radius 2 is 1.75 bits per heavy atom. The van der Waals surface area contributed by atoms with Crippen LogP contribution < -0.4 is 5.32 Å². The number of nitrogens with zero attached hydrogens (tertiary/aromatic N) is 3. The summed E-state index contributed by atoms with van der Waals surface area (Å²) in [6, 6.07) is 14.7. The van der Waals surface area contributed by atoms with Gasteiger partial charge in [-0.05, 0) is 67.5 Å². The second-order valence-electron chi connectivity index (χ2n) is 7.36. The Labute approximate surface area is 202 Å². The van der Waals surface area contributed by atoms with E-state index in [4.69, 9.17) is 49.7 Å². The molecule has 32 heavy (non-hydrogen) atoms. The fourth-order valence-corrected chi connectivity index (χ4v) is 4.25. The number of allylic oxidation sites excluding steroid dienone is 1. The summed E-state index contributed by atoms with van der Waals surface area (Å²) < 4.78 is 10.9. The lowest BCUT2D eigenvalue weighted by Gasteiger charge is -2.37. The highest BCUT2D eigenvalue weighted by atomic mass is 35.5. The summed E-state index contributed by atoms with van der Waals surface area (Å²) in [4.78, 5) is 6.74. The third-order valence-electron chi connectivity index (χ3n) is 5.29. The Morgan fingerprint density at radius 3 is 2.41 bits per heavy atom. The van der Waals surface area contributed by atoms with Crippen molar-refractivity contribution in [3.05, 3.63) is 75.7 Å². The van der Waals surface area contributed by atoms with E-state index >= 15 is 0 Å². The van der Waals surface area contributed by atoms with Crippen molar-refractivity contribution in [3.8, 4) is 11.4 Å². The zero-order chi connectivity index (χ0) is 22.7. The zero-order valence-electron chi connectivity index (χ0n) is 17.6. The average molecular weight is 489 g/mol. The lowest BCUT2D eigenvalue weighted by atomic mass is 9.95. The molecule has 0 amide bonds. The minimum absolute atomic E-state index is 0.253.